The normalized spacial score (nSPS) is 16.5. The Bertz CT molecular complexity index is 351. The summed E-state index contributed by atoms with van der Waals surface area (Å²) in [6, 6.07) is 0.165. The highest BCUT2D eigenvalue weighted by molar-refractivity contribution is 4.76. The molecule has 4 atom stereocenters. The van der Waals surface area contributed by atoms with Crippen molar-refractivity contribution in [2.45, 2.75) is 176 Å². The molecule has 0 rings (SSSR count). The van der Waals surface area contributed by atoms with E-state index in [0.717, 1.165) is 24.7 Å². The van der Waals surface area contributed by atoms with Gasteiger partial charge in [0, 0.05) is 0 Å². The van der Waals surface area contributed by atoms with Crippen molar-refractivity contribution in [3.63, 3.8) is 0 Å². The van der Waals surface area contributed by atoms with E-state index in [4.69, 9.17) is 0 Å². The van der Waals surface area contributed by atoms with Crippen LogP contribution in [0.4, 0.5) is 0 Å². The summed E-state index contributed by atoms with van der Waals surface area (Å²) in [5, 5.41) is 11.8. The number of nitrogens with one attached hydrogen (secondary N) is 1. The molecule has 0 aliphatic carbocycles. The zero-order chi connectivity index (χ0) is 24.7. The molecule has 4 unspecified atom stereocenters. The zero-order valence-electron chi connectivity index (χ0n) is 23.9. The fourth-order valence-corrected chi connectivity index (χ4v) is 5.61. The highest BCUT2D eigenvalue weighted by Gasteiger charge is 2.17. The van der Waals surface area contributed by atoms with Gasteiger partial charge < -0.3 is 10.7 Å². The van der Waals surface area contributed by atoms with E-state index in [-0.39, 0.29) is 6.04 Å². The van der Waals surface area contributed by atoms with Gasteiger partial charge in [-0.2, -0.15) is 0 Å². The molecule has 2 heteroatoms. The monoisotopic (exact) mass is 466 g/mol. The maximum Gasteiger partial charge on any atom is -0.00457 e. The van der Waals surface area contributed by atoms with E-state index in [9.17, 15) is 5.21 Å². The number of hydrogen-bond donors (Lipinski definition) is 1. The van der Waals surface area contributed by atoms with Gasteiger partial charge in [-0.05, 0) is 42.6 Å². The molecule has 200 valence electrons. The van der Waals surface area contributed by atoms with Crippen LogP contribution in [0.1, 0.15) is 170 Å². The first-order valence-corrected chi connectivity index (χ1v) is 15.4. The first-order valence-electron chi connectivity index (χ1n) is 15.4. The number of rotatable bonds is 25. The molecule has 0 aromatic heterocycles. The molecular formula is C31H64NO-. The van der Waals surface area contributed by atoms with Gasteiger partial charge >= 0.3 is 0 Å². The van der Waals surface area contributed by atoms with Gasteiger partial charge in [0.05, 0.1) is 0 Å². The fourth-order valence-electron chi connectivity index (χ4n) is 5.61. The Hall–Kier alpha value is -0.0800. The van der Waals surface area contributed by atoms with Crippen molar-refractivity contribution in [1.82, 2.24) is 5.48 Å². The minimum absolute atomic E-state index is 0.165. The van der Waals surface area contributed by atoms with Crippen molar-refractivity contribution >= 4 is 0 Å². The lowest BCUT2D eigenvalue weighted by Gasteiger charge is -2.30. The first kappa shape index (κ1) is 32.9. The van der Waals surface area contributed by atoms with Crippen LogP contribution in [0.3, 0.4) is 0 Å². The molecule has 0 radical (unpaired) electrons. The van der Waals surface area contributed by atoms with Crippen molar-refractivity contribution < 1.29 is 0 Å². The smallest absolute Gasteiger partial charge is 0.00457 e. The second-order valence-electron chi connectivity index (χ2n) is 11.6. The highest BCUT2D eigenvalue weighted by Crippen LogP contribution is 2.27. The van der Waals surface area contributed by atoms with Crippen molar-refractivity contribution in [2.75, 3.05) is 0 Å². The van der Waals surface area contributed by atoms with Gasteiger partial charge in [-0.3, -0.25) is 0 Å². The lowest BCUT2D eigenvalue weighted by molar-refractivity contribution is 0.293. The third kappa shape index (κ3) is 19.9. The number of unbranched alkanes of at least 4 members (excludes halogenated alkanes) is 6. The van der Waals surface area contributed by atoms with Crippen LogP contribution in [0.5, 0.6) is 0 Å². The average molecular weight is 467 g/mol. The molecule has 0 fully saturated rings. The molecular weight excluding hydrogens is 402 g/mol. The van der Waals surface area contributed by atoms with Gasteiger partial charge in [0.25, 0.3) is 0 Å². The Morgan fingerprint density at radius 1 is 0.515 bits per heavy atom. The van der Waals surface area contributed by atoms with Crippen LogP contribution in [0, 0.1) is 28.9 Å². The lowest BCUT2D eigenvalue weighted by Crippen LogP contribution is -2.29. The summed E-state index contributed by atoms with van der Waals surface area (Å²) in [5.74, 6) is 3.16. The third-order valence-electron chi connectivity index (χ3n) is 8.28. The molecule has 0 heterocycles. The second kappa shape index (κ2) is 23.7. The Morgan fingerprint density at radius 3 is 1.24 bits per heavy atom. The van der Waals surface area contributed by atoms with Crippen LogP contribution in [0.25, 0.3) is 0 Å². The van der Waals surface area contributed by atoms with Gasteiger partial charge in [-0.1, -0.05) is 157 Å². The van der Waals surface area contributed by atoms with Crippen molar-refractivity contribution in [2.24, 2.45) is 23.7 Å². The summed E-state index contributed by atoms with van der Waals surface area (Å²) >= 11 is 0. The van der Waals surface area contributed by atoms with Gasteiger partial charge in [-0.15, -0.1) is 0 Å². The third-order valence-corrected chi connectivity index (χ3v) is 8.28. The molecule has 0 amide bonds. The van der Waals surface area contributed by atoms with E-state index in [0.29, 0.717) is 11.8 Å². The minimum Gasteiger partial charge on any atom is -0.788 e. The summed E-state index contributed by atoms with van der Waals surface area (Å²) in [4.78, 5) is 0. The minimum atomic E-state index is 0.165. The van der Waals surface area contributed by atoms with Crippen LogP contribution in [0.15, 0.2) is 0 Å². The zero-order valence-corrected chi connectivity index (χ0v) is 23.9. The van der Waals surface area contributed by atoms with Gasteiger partial charge in [0.2, 0.25) is 0 Å². The summed E-state index contributed by atoms with van der Waals surface area (Å²) in [7, 11) is 0. The summed E-state index contributed by atoms with van der Waals surface area (Å²) in [6.45, 7) is 14.1. The van der Waals surface area contributed by atoms with E-state index in [1.807, 2.05) is 0 Å². The number of hydroxylamine groups is 1. The Balaban J connectivity index is 4.16. The van der Waals surface area contributed by atoms with E-state index >= 15 is 0 Å². The lowest BCUT2D eigenvalue weighted by atomic mass is 9.84. The topological polar surface area (TPSA) is 35.1 Å². The Kier molecular flexibility index (Phi) is 23.6. The molecule has 2 nitrogen and oxygen atoms in total. The molecule has 0 saturated heterocycles. The largest absolute Gasteiger partial charge is 0.788 e. The highest BCUT2D eigenvalue weighted by atomic mass is 16.5. The molecule has 0 aromatic rings. The van der Waals surface area contributed by atoms with Crippen LogP contribution in [-0.4, -0.2) is 6.04 Å². The summed E-state index contributed by atoms with van der Waals surface area (Å²) in [6.07, 6.45) is 26.5. The van der Waals surface area contributed by atoms with Crippen molar-refractivity contribution in [3.8, 4) is 0 Å². The second-order valence-corrected chi connectivity index (χ2v) is 11.6. The summed E-state index contributed by atoms with van der Waals surface area (Å²) in [5.41, 5.74) is 2.46. The fraction of sp³-hybridized carbons (Fsp3) is 1.00. The molecule has 0 aliphatic rings. The van der Waals surface area contributed by atoms with E-state index in [1.54, 1.807) is 0 Å². The molecule has 0 aromatic carbocycles. The van der Waals surface area contributed by atoms with E-state index in [1.165, 1.54) is 116 Å². The standard InChI is InChI=1S/C31H64NO/c1-7-11-13-15-19-27(5)21-17-23-29(9-3)25-31(32-33)26-30(10-4)24-18-22-28(6)20-16-14-12-8-2/h27-32H,7-26H2,1-6H3/q-1. The van der Waals surface area contributed by atoms with Crippen LogP contribution >= 0.6 is 0 Å². The average Bonchev–Trinajstić information content (AvgIpc) is 2.82. The Morgan fingerprint density at radius 2 is 0.909 bits per heavy atom. The molecule has 0 aliphatic heterocycles. The number of hydrogen-bond acceptors (Lipinski definition) is 2. The molecule has 33 heavy (non-hydrogen) atoms. The van der Waals surface area contributed by atoms with Crippen LogP contribution in [-0.2, 0) is 0 Å². The van der Waals surface area contributed by atoms with Crippen LogP contribution < -0.4 is 5.48 Å². The van der Waals surface area contributed by atoms with Crippen molar-refractivity contribution in [3.05, 3.63) is 5.21 Å². The van der Waals surface area contributed by atoms with Gasteiger partial charge in [0.15, 0.2) is 0 Å². The predicted octanol–water partition coefficient (Wildman–Crippen LogP) is 10.8. The van der Waals surface area contributed by atoms with Crippen molar-refractivity contribution in [1.29, 1.82) is 0 Å². The molecule has 1 N–H and O–H groups in total. The SMILES string of the molecule is CCCCCCC(C)CCCC(CC)CC(CC(CC)CCCC(C)CCCCCC)N[O-]. The maximum absolute atomic E-state index is 11.8. The van der Waals surface area contributed by atoms with Crippen LogP contribution in [0.2, 0.25) is 0 Å². The predicted molar refractivity (Wildman–Crippen MR) is 151 cm³/mol. The summed E-state index contributed by atoms with van der Waals surface area (Å²) < 4.78 is 0. The molecule has 0 bridgehead atoms. The van der Waals surface area contributed by atoms with E-state index in [2.05, 4.69) is 47.0 Å². The molecule has 0 saturated carbocycles. The quantitative estimate of drug-likeness (QED) is 0.107. The molecule has 0 spiro atoms. The van der Waals surface area contributed by atoms with Gasteiger partial charge in [-0.25, -0.2) is 0 Å². The maximum atomic E-state index is 11.8. The van der Waals surface area contributed by atoms with Gasteiger partial charge in [0.1, 0.15) is 0 Å². The first-order chi connectivity index (χ1) is 16.0. The van der Waals surface area contributed by atoms with E-state index < -0.39 is 0 Å². The Labute approximate surface area is 210 Å².